The van der Waals surface area contributed by atoms with E-state index in [-0.39, 0.29) is 30.0 Å². The fraction of sp³-hybridized carbons (Fsp3) is 0.318. The van der Waals surface area contributed by atoms with Crippen LogP contribution in [0.1, 0.15) is 20.3 Å². The average molecular weight is 412 g/mol. The van der Waals surface area contributed by atoms with Gasteiger partial charge in [0.1, 0.15) is 5.82 Å². The van der Waals surface area contributed by atoms with Gasteiger partial charge in [-0.2, -0.15) is 0 Å². The molecule has 0 spiro atoms. The van der Waals surface area contributed by atoms with Crippen LogP contribution in [0.25, 0.3) is 0 Å². The largest absolute Gasteiger partial charge is 0.326 e. The van der Waals surface area contributed by atoms with Crippen molar-refractivity contribution in [3.05, 3.63) is 54.3 Å². The standard InChI is InChI=1S/C22H25FN4O3/c1-3-26(14-21(29)25-17-10-8-16(9-11-17)24-15(2)28)20-12-13-27(22(20)30)19-7-5-4-6-18(19)23/h4-11,20H,3,12-14H2,1-2H3,(H,24,28)(H,25,29). The van der Waals surface area contributed by atoms with Crippen LogP contribution < -0.4 is 15.5 Å². The molecule has 0 bridgehead atoms. The molecule has 2 N–H and O–H groups in total. The summed E-state index contributed by atoms with van der Waals surface area (Å²) >= 11 is 0. The van der Waals surface area contributed by atoms with Gasteiger partial charge in [-0.1, -0.05) is 19.1 Å². The maximum atomic E-state index is 14.1. The third-order valence-electron chi connectivity index (χ3n) is 5.00. The van der Waals surface area contributed by atoms with Crippen LogP contribution in [0.4, 0.5) is 21.5 Å². The Bertz CT molecular complexity index is 932. The van der Waals surface area contributed by atoms with Crippen LogP contribution in [0.3, 0.4) is 0 Å². The fourth-order valence-corrected chi connectivity index (χ4v) is 3.58. The molecule has 158 valence electrons. The van der Waals surface area contributed by atoms with E-state index in [1.807, 2.05) is 6.92 Å². The molecule has 1 aliphatic rings. The molecule has 0 saturated carbocycles. The predicted octanol–water partition coefficient (Wildman–Crippen LogP) is 2.85. The second-order valence-electron chi connectivity index (χ2n) is 7.12. The molecule has 30 heavy (non-hydrogen) atoms. The summed E-state index contributed by atoms with van der Waals surface area (Å²) in [5, 5.41) is 5.46. The zero-order valence-corrected chi connectivity index (χ0v) is 17.0. The smallest absolute Gasteiger partial charge is 0.244 e. The van der Waals surface area contributed by atoms with Crippen molar-refractivity contribution in [2.45, 2.75) is 26.3 Å². The topological polar surface area (TPSA) is 81.8 Å². The molecule has 0 aliphatic carbocycles. The van der Waals surface area contributed by atoms with Gasteiger partial charge >= 0.3 is 0 Å². The second kappa shape index (κ2) is 9.49. The number of para-hydroxylation sites is 1. The number of nitrogens with one attached hydrogen (secondary N) is 2. The van der Waals surface area contributed by atoms with E-state index in [0.29, 0.717) is 30.9 Å². The highest BCUT2D eigenvalue weighted by Gasteiger charge is 2.37. The molecule has 1 fully saturated rings. The number of hydrogen-bond donors (Lipinski definition) is 2. The molecule has 1 heterocycles. The number of halogens is 1. The lowest BCUT2D eigenvalue weighted by molar-refractivity contribution is -0.123. The summed E-state index contributed by atoms with van der Waals surface area (Å²) in [4.78, 5) is 39.7. The van der Waals surface area contributed by atoms with Gasteiger partial charge in [0.05, 0.1) is 18.3 Å². The van der Waals surface area contributed by atoms with Crippen molar-refractivity contribution in [2.24, 2.45) is 0 Å². The Kier molecular flexibility index (Phi) is 6.79. The quantitative estimate of drug-likeness (QED) is 0.733. The van der Waals surface area contributed by atoms with Gasteiger partial charge in [0, 0.05) is 24.8 Å². The minimum Gasteiger partial charge on any atom is -0.326 e. The first-order valence-corrected chi connectivity index (χ1v) is 9.86. The molecule has 1 atom stereocenters. The Morgan fingerprint density at radius 3 is 2.33 bits per heavy atom. The number of carbonyl (C=O) groups is 3. The Labute approximate surface area is 174 Å². The monoisotopic (exact) mass is 412 g/mol. The van der Waals surface area contributed by atoms with Crippen LogP contribution in [-0.2, 0) is 14.4 Å². The zero-order chi connectivity index (χ0) is 21.7. The van der Waals surface area contributed by atoms with E-state index < -0.39 is 11.9 Å². The van der Waals surface area contributed by atoms with Gasteiger partial charge in [-0.3, -0.25) is 19.3 Å². The Balaban J connectivity index is 1.61. The molecule has 1 saturated heterocycles. The molecular weight excluding hydrogens is 387 g/mol. The molecule has 7 nitrogen and oxygen atoms in total. The number of likely N-dealkylation sites (N-methyl/N-ethyl adjacent to an activating group) is 1. The minimum atomic E-state index is -0.470. The number of rotatable bonds is 7. The Hall–Kier alpha value is -3.26. The fourth-order valence-electron chi connectivity index (χ4n) is 3.58. The van der Waals surface area contributed by atoms with Gasteiger partial charge in [0.2, 0.25) is 17.7 Å². The third-order valence-corrected chi connectivity index (χ3v) is 5.00. The molecule has 2 aromatic rings. The SMILES string of the molecule is CCN(CC(=O)Nc1ccc(NC(C)=O)cc1)C1CCN(c2ccccc2F)C1=O. The molecule has 0 radical (unpaired) electrons. The molecular formula is C22H25FN4O3. The lowest BCUT2D eigenvalue weighted by atomic mass is 10.2. The second-order valence-corrected chi connectivity index (χ2v) is 7.12. The summed E-state index contributed by atoms with van der Waals surface area (Å²) in [6.07, 6.45) is 0.527. The molecule has 3 amide bonds. The predicted molar refractivity (Wildman–Crippen MR) is 114 cm³/mol. The van der Waals surface area contributed by atoms with Crippen molar-refractivity contribution in [2.75, 3.05) is 35.2 Å². The zero-order valence-electron chi connectivity index (χ0n) is 17.0. The maximum absolute atomic E-state index is 14.1. The lowest BCUT2D eigenvalue weighted by Crippen LogP contribution is -2.45. The van der Waals surface area contributed by atoms with Crippen LogP contribution in [0, 0.1) is 5.82 Å². The Morgan fingerprint density at radius 1 is 1.10 bits per heavy atom. The highest BCUT2D eigenvalue weighted by Crippen LogP contribution is 2.26. The lowest BCUT2D eigenvalue weighted by Gasteiger charge is -2.26. The van der Waals surface area contributed by atoms with Gasteiger partial charge in [0.25, 0.3) is 0 Å². The van der Waals surface area contributed by atoms with Gasteiger partial charge in [-0.25, -0.2) is 4.39 Å². The van der Waals surface area contributed by atoms with E-state index in [9.17, 15) is 18.8 Å². The first kappa shape index (κ1) is 21.4. The van der Waals surface area contributed by atoms with Crippen LogP contribution in [0.15, 0.2) is 48.5 Å². The summed E-state index contributed by atoms with van der Waals surface area (Å²) in [5.74, 6) is -1.05. The van der Waals surface area contributed by atoms with Crippen LogP contribution in [0.5, 0.6) is 0 Å². The molecule has 1 aliphatic heterocycles. The van der Waals surface area contributed by atoms with Crippen LogP contribution in [-0.4, -0.2) is 48.3 Å². The van der Waals surface area contributed by atoms with Crippen molar-refractivity contribution < 1.29 is 18.8 Å². The Morgan fingerprint density at radius 2 is 1.73 bits per heavy atom. The highest BCUT2D eigenvalue weighted by atomic mass is 19.1. The van der Waals surface area contributed by atoms with Crippen molar-refractivity contribution in [3.8, 4) is 0 Å². The normalized spacial score (nSPS) is 16.1. The summed E-state index contributed by atoms with van der Waals surface area (Å²) in [6.45, 7) is 4.27. The highest BCUT2D eigenvalue weighted by molar-refractivity contribution is 6.00. The molecule has 1 unspecified atom stereocenters. The van der Waals surface area contributed by atoms with E-state index in [0.717, 1.165) is 0 Å². The van der Waals surface area contributed by atoms with E-state index in [1.165, 1.54) is 17.9 Å². The molecule has 3 rings (SSSR count). The van der Waals surface area contributed by atoms with E-state index >= 15 is 0 Å². The summed E-state index contributed by atoms with van der Waals surface area (Å²) in [5.41, 5.74) is 1.50. The van der Waals surface area contributed by atoms with Crippen molar-refractivity contribution >= 4 is 34.8 Å². The van der Waals surface area contributed by atoms with Crippen molar-refractivity contribution in [1.29, 1.82) is 0 Å². The number of anilines is 3. The van der Waals surface area contributed by atoms with E-state index in [2.05, 4.69) is 10.6 Å². The molecule has 2 aromatic carbocycles. The van der Waals surface area contributed by atoms with Gasteiger partial charge in [-0.15, -0.1) is 0 Å². The number of amides is 3. The van der Waals surface area contributed by atoms with Gasteiger partial charge < -0.3 is 15.5 Å². The van der Waals surface area contributed by atoms with Crippen molar-refractivity contribution in [1.82, 2.24) is 4.90 Å². The first-order chi connectivity index (χ1) is 14.4. The minimum absolute atomic E-state index is 0.0471. The number of benzene rings is 2. The molecule has 8 heteroatoms. The number of nitrogens with zero attached hydrogens (tertiary/aromatic N) is 2. The summed E-state index contributed by atoms with van der Waals surface area (Å²) < 4.78 is 14.1. The van der Waals surface area contributed by atoms with E-state index in [1.54, 1.807) is 47.4 Å². The van der Waals surface area contributed by atoms with Crippen LogP contribution >= 0.6 is 0 Å². The van der Waals surface area contributed by atoms with Gasteiger partial charge in [0.15, 0.2) is 0 Å². The number of hydrogen-bond acceptors (Lipinski definition) is 4. The summed E-state index contributed by atoms with van der Waals surface area (Å²) in [7, 11) is 0. The molecule has 0 aromatic heterocycles. The average Bonchev–Trinajstić information content (AvgIpc) is 3.08. The van der Waals surface area contributed by atoms with Gasteiger partial charge in [-0.05, 0) is 49.4 Å². The number of carbonyl (C=O) groups excluding carboxylic acids is 3. The first-order valence-electron chi connectivity index (χ1n) is 9.86. The third kappa shape index (κ3) is 5.01. The van der Waals surface area contributed by atoms with Crippen LogP contribution in [0.2, 0.25) is 0 Å². The summed E-state index contributed by atoms with van der Waals surface area (Å²) in [6, 6.07) is 12.5. The van der Waals surface area contributed by atoms with Crippen molar-refractivity contribution in [3.63, 3.8) is 0 Å². The van der Waals surface area contributed by atoms with E-state index in [4.69, 9.17) is 0 Å². The maximum Gasteiger partial charge on any atom is 0.244 e.